The molecule has 0 bridgehead atoms. The molecule has 114 valence electrons. The summed E-state index contributed by atoms with van der Waals surface area (Å²) in [5, 5.41) is 3.20. The number of fused-ring (bicyclic) bond motifs is 1. The number of hydrogen-bond donors (Lipinski definition) is 0. The summed E-state index contributed by atoms with van der Waals surface area (Å²) < 4.78 is 4.90. The number of hydrogen-bond acceptors (Lipinski definition) is 5. The van der Waals surface area contributed by atoms with Crippen LogP contribution < -0.4 is 0 Å². The van der Waals surface area contributed by atoms with Crippen LogP contribution >= 0.6 is 46.4 Å². The highest BCUT2D eigenvalue weighted by atomic mass is 35.5. The van der Waals surface area contributed by atoms with Crippen LogP contribution in [-0.4, -0.2) is 26.9 Å². The number of carbonyl (C=O) groups excluding carboxylic acids is 2. The molecule has 0 fully saturated rings. The summed E-state index contributed by atoms with van der Waals surface area (Å²) in [6.45, 7) is 1.41. The molecule has 0 saturated carbocycles. The predicted molar refractivity (Wildman–Crippen MR) is 79.7 cm³/mol. The molecular weight excluding hydrogens is 376 g/mol. The second-order valence-corrected chi connectivity index (χ2v) is 5.95. The lowest BCUT2D eigenvalue weighted by Crippen LogP contribution is -2.29. The largest absolute Gasteiger partial charge is 0.337 e. The molecule has 2 aromatic rings. The first-order chi connectivity index (χ1) is 10.3. The van der Waals surface area contributed by atoms with E-state index in [1.165, 1.54) is 0 Å². The van der Waals surface area contributed by atoms with Crippen molar-refractivity contribution in [1.29, 1.82) is 0 Å². The van der Waals surface area contributed by atoms with Crippen LogP contribution in [-0.2, 0) is 6.54 Å². The van der Waals surface area contributed by atoms with Gasteiger partial charge in [0.2, 0.25) is 5.89 Å². The van der Waals surface area contributed by atoms with E-state index in [4.69, 9.17) is 50.9 Å². The number of halogens is 4. The van der Waals surface area contributed by atoms with Crippen molar-refractivity contribution in [3.63, 3.8) is 0 Å². The Balaban J connectivity index is 2.09. The quantitative estimate of drug-likeness (QED) is 0.450. The van der Waals surface area contributed by atoms with Crippen molar-refractivity contribution in [3.05, 3.63) is 42.9 Å². The van der Waals surface area contributed by atoms with Crippen molar-refractivity contribution in [2.45, 2.75) is 13.5 Å². The third-order valence-corrected chi connectivity index (χ3v) is 4.85. The first-order valence-corrected chi connectivity index (χ1v) is 7.35. The number of benzene rings is 1. The lowest BCUT2D eigenvalue weighted by molar-refractivity contribution is 0.0625. The van der Waals surface area contributed by atoms with Gasteiger partial charge in [-0.25, -0.2) is 0 Å². The summed E-state index contributed by atoms with van der Waals surface area (Å²) in [6.07, 6.45) is 0. The van der Waals surface area contributed by atoms with E-state index in [2.05, 4.69) is 10.1 Å². The van der Waals surface area contributed by atoms with Crippen molar-refractivity contribution in [2.75, 3.05) is 0 Å². The lowest BCUT2D eigenvalue weighted by atomic mass is 10.1. The molecular formula is C12H5Cl4N3O3. The third kappa shape index (κ3) is 2.18. The van der Waals surface area contributed by atoms with Crippen LogP contribution in [0.25, 0.3) is 0 Å². The van der Waals surface area contributed by atoms with Crippen LogP contribution in [0.3, 0.4) is 0 Å². The lowest BCUT2D eigenvalue weighted by Gasteiger charge is -2.10. The van der Waals surface area contributed by atoms with E-state index in [9.17, 15) is 9.59 Å². The molecule has 0 N–H and O–H groups in total. The zero-order valence-corrected chi connectivity index (χ0v) is 13.8. The molecule has 0 atom stereocenters. The van der Waals surface area contributed by atoms with Gasteiger partial charge in [-0.2, -0.15) is 4.98 Å². The van der Waals surface area contributed by atoms with Gasteiger partial charge >= 0.3 is 0 Å². The average Bonchev–Trinajstić information content (AvgIpc) is 2.99. The molecule has 1 aliphatic rings. The number of rotatable bonds is 2. The first kappa shape index (κ1) is 15.6. The SMILES string of the molecule is Cc1noc(CN2C(=O)c3c(Cl)c(Cl)c(Cl)c(Cl)c3C2=O)n1. The van der Waals surface area contributed by atoms with Crippen molar-refractivity contribution in [1.82, 2.24) is 15.0 Å². The number of carbonyl (C=O) groups is 2. The van der Waals surface area contributed by atoms with Crippen LogP contribution in [0.2, 0.25) is 20.1 Å². The molecule has 0 saturated heterocycles. The molecule has 1 aromatic carbocycles. The van der Waals surface area contributed by atoms with Crippen LogP contribution in [0.5, 0.6) is 0 Å². The number of aryl methyl sites for hydroxylation is 1. The molecule has 6 nitrogen and oxygen atoms in total. The van der Waals surface area contributed by atoms with Crippen LogP contribution in [0.4, 0.5) is 0 Å². The minimum atomic E-state index is -0.652. The molecule has 3 rings (SSSR count). The fourth-order valence-corrected chi connectivity index (χ4v) is 3.09. The van der Waals surface area contributed by atoms with Crippen molar-refractivity contribution in [2.24, 2.45) is 0 Å². The number of nitrogens with zero attached hydrogens (tertiary/aromatic N) is 3. The van der Waals surface area contributed by atoms with Crippen molar-refractivity contribution in [3.8, 4) is 0 Å². The number of aromatic nitrogens is 2. The molecule has 0 spiro atoms. The van der Waals surface area contributed by atoms with Gasteiger partial charge < -0.3 is 4.52 Å². The van der Waals surface area contributed by atoms with Gasteiger partial charge in [0.05, 0.1) is 31.2 Å². The molecule has 10 heteroatoms. The number of amides is 2. The van der Waals surface area contributed by atoms with Crippen LogP contribution in [0, 0.1) is 6.92 Å². The van der Waals surface area contributed by atoms with E-state index in [0.717, 1.165) is 4.90 Å². The Morgan fingerprint density at radius 3 is 1.86 bits per heavy atom. The number of imide groups is 1. The van der Waals surface area contributed by atoms with Crippen LogP contribution in [0.15, 0.2) is 4.52 Å². The maximum Gasteiger partial charge on any atom is 0.263 e. The topological polar surface area (TPSA) is 76.3 Å². The molecule has 0 unspecified atom stereocenters. The maximum absolute atomic E-state index is 12.4. The summed E-state index contributed by atoms with van der Waals surface area (Å²) in [6, 6.07) is 0. The normalized spacial score (nSPS) is 14.0. The Bertz CT molecular complexity index is 787. The smallest absolute Gasteiger partial charge is 0.263 e. The molecule has 2 amide bonds. The second-order valence-electron chi connectivity index (χ2n) is 4.44. The Morgan fingerprint density at radius 2 is 1.45 bits per heavy atom. The summed E-state index contributed by atoms with van der Waals surface area (Å²) in [5.74, 6) is -0.812. The van der Waals surface area contributed by atoms with Crippen LogP contribution in [0.1, 0.15) is 32.4 Å². The van der Waals surface area contributed by atoms with Gasteiger partial charge in [0.1, 0.15) is 6.54 Å². The first-order valence-electron chi connectivity index (χ1n) is 5.84. The predicted octanol–water partition coefficient (Wildman–Crippen LogP) is 3.79. The Hall–Kier alpha value is -1.34. The second kappa shape index (κ2) is 5.38. The standard InChI is InChI=1S/C12H5Cl4N3O3/c1-3-17-4(22-18-3)2-19-11(20)5-6(12(19)21)8(14)10(16)9(15)7(5)13/h2H2,1H3. The molecule has 2 heterocycles. The Morgan fingerprint density at radius 1 is 0.955 bits per heavy atom. The Kier molecular flexibility index (Phi) is 3.81. The molecule has 0 radical (unpaired) electrons. The van der Waals surface area contributed by atoms with Gasteiger partial charge in [0, 0.05) is 0 Å². The molecule has 1 aromatic heterocycles. The maximum atomic E-state index is 12.4. The van der Waals surface area contributed by atoms with Crippen molar-refractivity contribution < 1.29 is 14.1 Å². The molecule has 1 aliphatic heterocycles. The Labute approximate surface area is 143 Å². The highest BCUT2D eigenvalue weighted by Gasteiger charge is 2.42. The highest BCUT2D eigenvalue weighted by molar-refractivity contribution is 6.55. The van der Waals surface area contributed by atoms with Gasteiger partial charge in [-0.3, -0.25) is 14.5 Å². The van der Waals surface area contributed by atoms with Gasteiger partial charge in [0.15, 0.2) is 5.82 Å². The van der Waals surface area contributed by atoms with E-state index in [1.54, 1.807) is 6.92 Å². The highest BCUT2D eigenvalue weighted by Crippen LogP contribution is 2.44. The van der Waals surface area contributed by atoms with Gasteiger partial charge in [-0.1, -0.05) is 51.6 Å². The zero-order valence-electron chi connectivity index (χ0n) is 10.8. The minimum Gasteiger partial charge on any atom is -0.337 e. The zero-order chi connectivity index (χ0) is 16.2. The third-order valence-electron chi connectivity index (χ3n) is 3.05. The van der Waals surface area contributed by atoms with Gasteiger partial charge in [-0.15, -0.1) is 0 Å². The van der Waals surface area contributed by atoms with E-state index in [-0.39, 0.29) is 43.7 Å². The average molecular weight is 381 g/mol. The molecule has 22 heavy (non-hydrogen) atoms. The van der Waals surface area contributed by atoms with E-state index in [0.29, 0.717) is 5.82 Å². The summed E-state index contributed by atoms with van der Waals surface area (Å²) in [5.41, 5.74) is -0.162. The monoisotopic (exact) mass is 379 g/mol. The van der Waals surface area contributed by atoms with Gasteiger partial charge in [-0.05, 0) is 6.92 Å². The summed E-state index contributed by atoms with van der Waals surface area (Å²) >= 11 is 23.9. The minimum absolute atomic E-state index is 0.0799. The van der Waals surface area contributed by atoms with Crippen molar-refractivity contribution >= 4 is 58.2 Å². The molecule has 0 aliphatic carbocycles. The fraction of sp³-hybridized carbons (Fsp3) is 0.167. The fourth-order valence-electron chi connectivity index (χ4n) is 2.08. The van der Waals surface area contributed by atoms with E-state index < -0.39 is 11.8 Å². The summed E-state index contributed by atoms with van der Waals surface area (Å²) in [4.78, 5) is 29.7. The van der Waals surface area contributed by atoms with Gasteiger partial charge in [0.25, 0.3) is 11.8 Å². The van der Waals surface area contributed by atoms with E-state index >= 15 is 0 Å². The summed E-state index contributed by atoms with van der Waals surface area (Å²) in [7, 11) is 0. The van der Waals surface area contributed by atoms with E-state index in [1.807, 2.05) is 0 Å².